The zero-order valence-electron chi connectivity index (χ0n) is 16.3. The van der Waals surface area contributed by atoms with E-state index in [0.717, 1.165) is 12.8 Å². The maximum absolute atomic E-state index is 12.8. The van der Waals surface area contributed by atoms with Crippen molar-refractivity contribution in [3.63, 3.8) is 0 Å². The van der Waals surface area contributed by atoms with E-state index >= 15 is 0 Å². The number of anilines is 2. The molecule has 3 heterocycles. The van der Waals surface area contributed by atoms with Crippen LogP contribution in [0.15, 0.2) is 29.2 Å². The Morgan fingerprint density at radius 3 is 2.63 bits per heavy atom. The van der Waals surface area contributed by atoms with Gasteiger partial charge in [-0.3, -0.25) is 9.89 Å². The predicted octanol–water partition coefficient (Wildman–Crippen LogP) is 1.15. The van der Waals surface area contributed by atoms with Gasteiger partial charge in [-0.05, 0) is 31.0 Å². The highest BCUT2D eigenvalue weighted by atomic mass is 32.2. The van der Waals surface area contributed by atoms with Gasteiger partial charge in [0, 0.05) is 31.7 Å². The van der Waals surface area contributed by atoms with Crippen LogP contribution in [0.25, 0.3) is 0 Å². The number of rotatable bonds is 5. The number of amides is 1. The summed E-state index contributed by atoms with van der Waals surface area (Å²) >= 11 is 0. The molecule has 0 radical (unpaired) electrons. The fourth-order valence-corrected chi connectivity index (χ4v) is 5.16. The smallest absolute Gasteiger partial charge is 0.256 e. The average molecular weight is 430 g/mol. The van der Waals surface area contributed by atoms with Crippen molar-refractivity contribution in [2.45, 2.75) is 17.7 Å². The lowest BCUT2D eigenvalue weighted by Gasteiger charge is -2.26. The topological polar surface area (TPSA) is 131 Å². The summed E-state index contributed by atoms with van der Waals surface area (Å²) in [6, 6.07) is 7.99. The molecule has 2 fully saturated rings. The fraction of sp³-hybridized carbons (Fsp3) is 0.421. The third kappa shape index (κ3) is 3.89. The van der Waals surface area contributed by atoms with Gasteiger partial charge >= 0.3 is 0 Å². The van der Waals surface area contributed by atoms with Gasteiger partial charge in [-0.25, -0.2) is 8.42 Å². The Bertz CT molecular complexity index is 1080. The standard InChI is InChI=1S/C19H22N6O4S/c20-13-16-17(22-23-18(16)24-8-10-29-11-9-24)21-19(26)14-4-3-5-15(12-14)30(27,28)25-6-1-2-7-25/h3-5,12H,1-2,6-11H2,(H2,21,22,23,26). The molecule has 2 aliphatic rings. The van der Waals surface area contributed by atoms with E-state index in [1.807, 2.05) is 4.90 Å². The van der Waals surface area contributed by atoms with Gasteiger partial charge in [-0.1, -0.05) is 6.07 Å². The Morgan fingerprint density at radius 1 is 1.20 bits per heavy atom. The zero-order chi connectivity index (χ0) is 21.1. The highest BCUT2D eigenvalue weighted by Crippen LogP contribution is 2.26. The van der Waals surface area contributed by atoms with E-state index in [-0.39, 0.29) is 21.8 Å². The molecule has 1 aromatic heterocycles. The number of nitrogens with zero attached hydrogens (tertiary/aromatic N) is 4. The predicted molar refractivity (Wildman–Crippen MR) is 109 cm³/mol. The molecule has 0 aliphatic carbocycles. The summed E-state index contributed by atoms with van der Waals surface area (Å²) in [5, 5.41) is 19.1. The molecule has 2 aromatic rings. The van der Waals surface area contributed by atoms with Crippen molar-refractivity contribution >= 4 is 27.6 Å². The Balaban J connectivity index is 1.55. The van der Waals surface area contributed by atoms with Crippen LogP contribution in [-0.4, -0.2) is 68.2 Å². The minimum atomic E-state index is -3.63. The lowest BCUT2D eigenvalue weighted by molar-refractivity contribution is 0.102. The molecular formula is C19H22N6O4S. The van der Waals surface area contributed by atoms with Gasteiger partial charge in [-0.15, -0.1) is 0 Å². The summed E-state index contributed by atoms with van der Waals surface area (Å²) in [5.41, 5.74) is 0.410. The first-order chi connectivity index (χ1) is 14.5. The van der Waals surface area contributed by atoms with E-state index in [1.54, 1.807) is 0 Å². The van der Waals surface area contributed by atoms with Crippen molar-refractivity contribution in [2.75, 3.05) is 49.6 Å². The van der Waals surface area contributed by atoms with Crippen LogP contribution in [0.2, 0.25) is 0 Å². The summed E-state index contributed by atoms with van der Waals surface area (Å²) in [6.07, 6.45) is 1.67. The second-order valence-corrected chi connectivity index (χ2v) is 9.04. The molecule has 1 aromatic carbocycles. The molecular weight excluding hydrogens is 408 g/mol. The van der Waals surface area contributed by atoms with Crippen LogP contribution >= 0.6 is 0 Å². The number of H-pyrrole nitrogens is 1. The fourth-order valence-electron chi connectivity index (χ4n) is 3.59. The number of hydrogen-bond donors (Lipinski definition) is 2. The highest BCUT2D eigenvalue weighted by molar-refractivity contribution is 7.89. The van der Waals surface area contributed by atoms with Crippen LogP contribution in [0.4, 0.5) is 11.6 Å². The van der Waals surface area contributed by atoms with Crippen LogP contribution in [0, 0.1) is 11.3 Å². The number of aromatic nitrogens is 2. The SMILES string of the molecule is N#Cc1c(N2CCOCC2)n[nH]c1NC(=O)c1cccc(S(=O)(=O)N2CCCC2)c1. The Kier molecular flexibility index (Phi) is 5.72. The summed E-state index contributed by atoms with van der Waals surface area (Å²) in [6.45, 7) is 3.26. The van der Waals surface area contributed by atoms with E-state index in [4.69, 9.17) is 4.74 Å². The molecule has 2 saturated heterocycles. The van der Waals surface area contributed by atoms with Crippen LogP contribution in [-0.2, 0) is 14.8 Å². The number of hydrogen-bond acceptors (Lipinski definition) is 7. The number of morpholine rings is 1. The minimum absolute atomic E-state index is 0.0798. The number of nitriles is 1. The van der Waals surface area contributed by atoms with Crippen LogP contribution in [0.5, 0.6) is 0 Å². The minimum Gasteiger partial charge on any atom is -0.378 e. The second-order valence-electron chi connectivity index (χ2n) is 7.10. The first-order valence-corrected chi connectivity index (χ1v) is 11.2. The molecule has 30 heavy (non-hydrogen) atoms. The van der Waals surface area contributed by atoms with E-state index in [1.165, 1.54) is 28.6 Å². The first kappa shape index (κ1) is 20.3. The summed E-state index contributed by atoms with van der Waals surface area (Å²) in [4.78, 5) is 14.8. The number of nitrogens with one attached hydrogen (secondary N) is 2. The maximum atomic E-state index is 12.8. The van der Waals surface area contributed by atoms with E-state index < -0.39 is 15.9 Å². The Labute approximate surface area is 174 Å². The number of carbonyl (C=O) groups is 1. The zero-order valence-corrected chi connectivity index (χ0v) is 17.1. The maximum Gasteiger partial charge on any atom is 0.256 e. The van der Waals surface area contributed by atoms with Crippen molar-refractivity contribution in [3.8, 4) is 6.07 Å². The average Bonchev–Trinajstić information content (AvgIpc) is 3.45. The van der Waals surface area contributed by atoms with Gasteiger partial charge in [0.2, 0.25) is 10.0 Å². The molecule has 0 spiro atoms. The van der Waals surface area contributed by atoms with Crippen molar-refractivity contribution in [1.82, 2.24) is 14.5 Å². The Morgan fingerprint density at radius 2 is 1.93 bits per heavy atom. The number of carbonyl (C=O) groups excluding carboxylic acids is 1. The highest BCUT2D eigenvalue weighted by Gasteiger charge is 2.28. The number of ether oxygens (including phenoxy) is 1. The molecule has 0 bridgehead atoms. The Hall–Kier alpha value is -2.94. The largest absolute Gasteiger partial charge is 0.378 e. The van der Waals surface area contributed by atoms with Crippen LogP contribution in [0.3, 0.4) is 0 Å². The van der Waals surface area contributed by atoms with Gasteiger partial charge in [-0.2, -0.15) is 14.7 Å². The third-order valence-electron chi connectivity index (χ3n) is 5.21. The van der Waals surface area contributed by atoms with Gasteiger partial charge in [0.1, 0.15) is 17.5 Å². The molecule has 10 nitrogen and oxygen atoms in total. The number of benzene rings is 1. The first-order valence-electron chi connectivity index (χ1n) is 9.73. The van der Waals surface area contributed by atoms with Crippen molar-refractivity contribution in [1.29, 1.82) is 5.26 Å². The molecule has 0 unspecified atom stereocenters. The third-order valence-corrected chi connectivity index (χ3v) is 7.10. The monoisotopic (exact) mass is 430 g/mol. The molecule has 158 valence electrons. The van der Waals surface area contributed by atoms with Crippen molar-refractivity contribution in [3.05, 3.63) is 35.4 Å². The number of aromatic amines is 1. The quantitative estimate of drug-likeness (QED) is 0.727. The van der Waals surface area contributed by atoms with E-state index in [9.17, 15) is 18.5 Å². The summed E-state index contributed by atoms with van der Waals surface area (Å²) in [7, 11) is -3.63. The lowest BCUT2D eigenvalue weighted by atomic mass is 10.2. The molecule has 0 atom stereocenters. The number of sulfonamides is 1. The lowest BCUT2D eigenvalue weighted by Crippen LogP contribution is -2.36. The van der Waals surface area contributed by atoms with Crippen molar-refractivity contribution < 1.29 is 17.9 Å². The van der Waals surface area contributed by atoms with Crippen LogP contribution in [0.1, 0.15) is 28.8 Å². The van der Waals surface area contributed by atoms with Crippen LogP contribution < -0.4 is 10.2 Å². The summed E-state index contributed by atoms with van der Waals surface area (Å²) in [5.74, 6) is 0.111. The molecule has 1 amide bonds. The van der Waals surface area contributed by atoms with Gasteiger partial charge in [0.15, 0.2) is 5.82 Å². The molecule has 2 aliphatic heterocycles. The second kappa shape index (κ2) is 8.43. The van der Waals surface area contributed by atoms with E-state index in [0.29, 0.717) is 45.2 Å². The molecule has 0 saturated carbocycles. The van der Waals surface area contributed by atoms with Gasteiger partial charge < -0.3 is 15.0 Å². The normalized spacial score (nSPS) is 17.6. The van der Waals surface area contributed by atoms with Gasteiger partial charge in [0.25, 0.3) is 5.91 Å². The van der Waals surface area contributed by atoms with Crippen molar-refractivity contribution in [2.24, 2.45) is 0 Å². The summed E-state index contributed by atoms with van der Waals surface area (Å²) < 4.78 is 32.3. The molecule has 11 heteroatoms. The molecule has 4 rings (SSSR count). The van der Waals surface area contributed by atoms with Gasteiger partial charge in [0.05, 0.1) is 18.1 Å². The molecule has 2 N–H and O–H groups in total. The van der Waals surface area contributed by atoms with E-state index in [2.05, 4.69) is 21.6 Å².